The first-order chi connectivity index (χ1) is 13.0. The third-order valence-corrected chi connectivity index (χ3v) is 5.62. The van der Waals surface area contributed by atoms with Crippen molar-refractivity contribution in [3.05, 3.63) is 70.8 Å². The highest BCUT2D eigenvalue weighted by Gasteiger charge is 2.50. The van der Waals surface area contributed by atoms with Gasteiger partial charge in [0.25, 0.3) is 11.8 Å². The van der Waals surface area contributed by atoms with Crippen LogP contribution in [-0.2, 0) is 4.79 Å². The van der Waals surface area contributed by atoms with Gasteiger partial charge in [-0.15, -0.1) is 0 Å². The van der Waals surface area contributed by atoms with Crippen molar-refractivity contribution in [2.45, 2.75) is 51.6 Å². The van der Waals surface area contributed by atoms with Crippen molar-refractivity contribution >= 4 is 17.5 Å². The Balaban J connectivity index is 1.76. The molecule has 0 unspecified atom stereocenters. The molecule has 4 rings (SSSR count). The van der Waals surface area contributed by atoms with Gasteiger partial charge in [-0.1, -0.05) is 53.9 Å². The molecule has 1 aliphatic carbocycles. The minimum absolute atomic E-state index is 0.243. The average molecular weight is 360 g/mol. The van der Waals surface area contributed by atoms with Gasteiger partial charge in [0.1, 0.15) is 11.4 Å². The van der Waals surface area contributed by atoms with Gasteiger partial charge in [0.05, 0.1) is 0 Å². The standard InChI is InChI=1S/C23H24N2O2/c1-16-6-10-18(11-7-16)20-22(27)25(23(24-20)14-4-3-5-15-23)21(26)19-12-8-17(2)9-13-19/h6-13H,3-5,14-15H2,1-2H3. The van der Waals surface area contributed by atoms with Gasteiger partial charge in [-0.3, -0.25) is 14.6 Å². The predicted octanol–water partition coefficient (Wildman–Crippen LogP) is 4.44. The Kier molecular flexibility index (Phi) is 4.42. The van der Waals surface area contributed by atoms with Crippen molar-refractivity contribution in [2.24, 2.45) is 4.99 Å². The topological polar surface area (TPSA) is 49.7 Å². The Morgan fingerprint density at radius 1 is 0.889 bits per heavy atom. The van der Waals surface area contributed by atoms with Crippen molar-refractivity contribution < 1.29 is 9.59 Å². The molecule has 0 aromatic heterocycles. The lowest BCUT2D eigenvalue weighted by atomic mass is 9.88. The monoisotopic (exact) mass is 360 g/mol. The number of rotatable bonds is 2. The normalized spacial score (nSPS) is 18.7. The summed E-state index contributed by atoms with van der Waals surface area (Å²) in [6.07, 6.45) is 4.57. The number of carbonyl (C=O) groups is 2. The molecular weight excluding hydrogens is 336 g/mol. The maximum absolute atomic E-state index is 13.3. The fourth-order valence-electron chi connectivity index (χ4n) is 4.06. The highest BCUT2D eigenvalue weighted by Crippen LogP contribution is 2.40. The van der Waals surface area contributed by atoms with E-state index in [1.165, 1.54) is 4.90 Å². The van der Waals surface area contributed by atoms with Crippen molar-refractivity contribution in [3.8, 4) is 0 Å². The van der Waals surface area contributed by atoms with Crippen LogP contribution in [-0.4, -0.2) is 28.1 Å². The number of amides is 2. The van der Waals surface area contributed by atoms with E-state index in [0.717, 1.165) is 48.8 Å². The molecule has 27 heavy (non-hydrogen) atoms. The number of hydrogen-bond donors (Lipinski definition) is 0. The van der Waals surface area contributed by atoms with Gasteiger partial charge in [0, 0.05) is 11.1 Å². The number of benzene rings is 2. The molecule has 1 spiro atoms. The molecule has 1 aliphatic heterocycles. The zero-order valence-electron chi connectivity index (χ0n) is 15.9. The summed E-state index contributed by atoms with van der Waals surface area (Å²) in [5.74, 6) is -0.515. The molecule has 1 saturated carbocycles. The Labute approximate surface area is 159 Å². The Morgan fingerprint density at radius 3 is 2.04 bits per heavy atom. The fourth-order valence-corrected chi connectivity index (χ4v) is 4.06. The summed E-state index contributed by atoms with van der Waals surface area (Å²) in [5.41, 5.74) is 3.23. The molecule has 4 nitrogen and oxygen atoms in total. The Morgan fingerprint density at radius 2 is 1.44 bits per heavy atom. The van der Waals surface area contributed by atoms with Crippen LogP contribution in [0.2, 0.25) is 0 Å². The first kappa shape index (κ1) is 17.7. The third kappa shape index (κ3) is 3.09. The average Bonchev–Trinajstić information content (AvgIpc) is 2.95. The van der Waals surface area contributed by atoms with E-state index < -0.39 is 5.66 Å². The van der Waals surface area contributed by atoms with Crippen LogP contribution in [0, 0.1) is 13.8 Å². The van der Waals surface area contributed by atoms with E-state index in [1.807, 2.05) is 50.2 Å². The van der Waals surface area contributed by atoms with E-state index in [-0.39, 0.29) is 11.8 Å². The lowest BCUT2D eigenvalue weighted by molar-refractivity contribution is -0.125. The summed E-state index contributed by atoms with van der Waals surface area (Å²) in [7, 11) is 0. The van der Waals surface area contributed by atoms with Gasteiger partial charge in [-0.2, -0.15) is 0 Å². The number of aryl methyl sites for hydroxylation is 2. The van der Waals surface area contributed by atoms with Gasteiger partial charge in [-0.05, 0) is 51.7 Å². The van der Waals surface area contributed by atoms with Gasteiger partial charge in [0.15, 0.2) is 0 Å². The summed E-state index contributed by atoms with van der Waals surface area (Å²) in [6, 6.07) is 15.2. The summed E-state index contributed by atoms with van der Waals surface area (Å²) in [4.78, 5) is 32.9. The van der Waals surface area contributed by atoms with Crippen molar-refractivity contribution in [1.82, 2.24) is 4.90 Å². The lowest BCUT2D eigenvalue weighted by Crippen LogP contribution is -2.51. The zero-order chi connectivity index (χ0) is 19.0. The SMILES string of the molecule is Cc1ccc(C(=O)N2C(=O)C(c3ccc(C)cc3)=NC23CCCCC3)cc1. The summed E-state index contributed by atoms with van der Waals surface area (Å²) < 4.78 is 0. The molecule has 0 saturated heterocycles. The van der Waals surface area contributed by atoms with Gasteiger partial charge < -0.3 is 0 Å². The van der Waals surface area contributed by atoms with E-state index in [1.54, 1.807) is 12.1 Å². The molecule has 1 heterocycles. The quantitative estimate of drug-likeness (QED) is 0.744. The highest BCUT2D eigenvalue weighted by molar-refractivity contribution is 6.49. The number of nitrogens with zero attached hydrogens (tertiary/aromatic N) is 2. The Hall–Kier alpha value is -2.75. The summed E-state index contributed by atoms with van der Waals surface area (Å²) in [6.45, 7) is 3.99. The maximum Gasteiger partial charge on any atom is 0.281 e. The molecule has 138 valence electrons. The molecule has 0 radical (unpaired) electrons. The van der Waals surface area contributed by atoms with Crippen LogP contribution in [0.4, 0.5) is 0 Å². The molecule has 1 fully saturated rings. The number of aliphatic imine (C=N–C) groups is 1. The van der Waals surface area contributed by atoms with E-state index in [0.29, 0.717) is 11.3 Å². The second kappa shape index (κ2) is 6.76. The van der Waals surface area contributed by atoms with Gasteiger partial charge in [0.2, 0.25) is 0 Å². The zero-order valence-corrected chi connectivity index (χ0v) is 15.9. The molecule has 0 bridgehead atoms. The molecule has 4 heteroatoms. The molecule has 2 amide bonds. The van der Waals surface area contributed by atoms with Crippen molar-refractivity contribution in [1.29, 1.82) is 0 Å². The van der Waals surface area contributed by atoms with Crippen LogP contribution in [0.25, 0.3) is 0 Å². The molecule has 0 N–H and O–H groups in total. The molecule has 2 aromatic rings. The number of imide groups is 1. The fraction of sp³-hybridized carbons (Fsp3) is 0.348. The van der Waals surface area contributed by atoms with E-state index in [2.05, 4.69) is 0 Å². The first-order valence-electron chi connectivity index (χ1n) is 9.63. The van der Waals surface area contributed by atoms with Gasteiger partial charge >= 0.3 is 0 Å². The summed E-state index contributed by atoms with van der Waals surface area (Å²) >= 11 is 0. The number of hydrogen-bond acceptors (Lipinski definition) is 3. The second-order valence-corrected chi connectivity index (χ2v) is 7.68. The van der Waals surface area contributed by atoms with Crippen LogP contribution in [0.15, 0.2) is 53.5 Å². The largest absolute Gasteiger partial charge is 0.281 e. The van der Waals surface area contributed by atoms with Crippen molar-refractivity contribution in [2.75, 3.05) is 0 Å². The molecule has 0 atom stereocenters. The van der Waals surface area contributed by atoms with Crippen LogP contribution >= 0.6 is 0 Å². The van der Waals surface area contributed by atoms with E-state index in [9.17, 15) is 9.59 Å². The minimum atomic E-state index is -0.725. The van der Waals surface area contributed by atoms with E-state index in [4.69, 9.17) is 4.99 Å². The Bertz CT molecular complexity index is 904. The van der Waals surface area contributed by atoms with E-state index >= 15 is 0 Å². The van der Waals surface area contributed by atoms with Crippen molar-refractivity contribution in [3.63, 3.8) is 0 Å². The number of carbonyl (C=O) groups excluding carboxylic acids is 2. The summed E-state index contributed by atoms with van der Waals surface area (Å²) in [5, 5.41) is 0. The first-order valence-corrected chi connectivity index (χ1v) is 9.63. The van der Waals surface area contributed by atoms with Crippen LogP contribution in [0.5, 0.6) is 0 Å². The maximum atomic E-state index is 13.3. The predicted molar refractivity (Wildman–Crippen MR) is 106 cm³/mol. The minimum Gasteiger partial charge on any atom is -0.269 e. The molecule has 2 aliphatic rings. The van der Waals surface area contributed by atoms with Crippen LogP contribution < -0.4 is 0 Å². The lowest BCUT2D eigenvalue weighted by Gasteiger charge is -2.37. The molecule has 2 aromatic carbocycles. The third-order valence-electron chi connectivity index (χ3n) is 5.62. The second-order valence-electron chi connectivity index (χ2n) is 7.68. The smallest absolute Gasteiger partial charge is 0.269 e. The van der Waals surface area contributed by atoms with Gasteiger partial charge in [-0.25, -0.2) is 4.90 Å². The van der Waals surface area contributed by atoms with Crippen LogP contribution in [0.3, 0.4) is 0 Å². The van der Waals surface area contributed by atoms with Crippen LogP contribution in [0.1, 0.15) is 59.2 Å². The highest BCUT2D eigenvalue weighted by atomic mass is 16.2. The molecular formula is C23H24N2O2.